The van der Waals surface area contributed by atoms with Gasteiger partial charge in [-0.1, -0.05) is 23.4 Å². The van der Waals surface area contributed by atoms with Crippen LogP contribution in [0.2, 0.25) is 0 Å². The number of pyridine rings is 1. The van der Waals surface area contributed by atoms with E-state index in [9.17, 15) is 13.2 Å². The van der Waals surface area contributed by atoms with E-state index < -0.39 is 10.0 Å². The van der Waals surface area contributed by atoms with E-state index in [4.69, 9.17) is 9.51 Å². The first-order valence-electron chi connectivity index (χ1n) is 10.5. The molecule has 9 heteroatoms. The van der Waals surface area contributed by atoms with Crippen molar-refractivity contribution in [1.29, 1.82) is 0 Å². The molecule has 1 aromatic carbocycles. The normalized spacial score (nSPS) is 17.9. The molecule has 31 heavy (non-hydrogen) atoms. The lowest BCUT2D eigenvalue weighted by Crippen LogP contribution is -2.50. The van der Waals surface area contributed by atoms with Crippen LogP contribution < -0.4 is 0 Å². The molecule has 5 rings (SSSR count). The van der Waals surface area contributed by atoms with Gasteiger partial charge in [0.05, 0.1) is 11.1 Å². The summed E-state index contributed by atoms with van der Waals surface area (Å²) in [7, 11) is -3.71. The van der Waals surface area contributed by atoms with Crippen molar-refractivity contribution >= 4 is 26.8 Å². The number of fused-ring (bicyclic) bond motifs is 1. The van der Waals surface area contributed by atoms with Gasteiger partial charge in [0.1, 0.15) is 10.6 Å². The minimum atomic E-state index is -3.71. The van der Waals surface area contributed by atoms with E-state index in [1.807, 2.05) is 30.3 Å². The van der Waals surface area contributed by atoms with Crippen LogP contribution in [0.3, 0.4) is 0 Å². The molecule has 0 atom stereocenters. The topological polar surface area (TPSA) is 96.6 Å². The van der Waals surface area contributed by atoms with Crippen LogP contribution >= 0.6 is 0 Å². The first-order chi connectivity index (χ1) is 14.9. The van der Waals surface area contributed by atoms with Gasteiger partial charge in [0, 0.05) is 43.2 Å². The Morgan fingerprint density at radius 2 is 1.81 bits per heavy atom. The Hall–Kier alpha value is -2.78. The maximum absolute atomic E-state index is 13.4. The molecule has 2 aliphatic rings. The second-order valence-corrected chi connectivity index (χ2v) is 10.1. The summed E-state index contributed by atoms with van der Waals surface area (Å²) in [5.41, 5.74) is 2.80. The molecule has 8 nitrogen and oxygen atoms in total. The second kappa shape index (κ2) is 7.42. The van der Waals surface area contributed by atoms with Gasteiger partial charge in [-0.3, -0.25) is 9.78 Å². The summed E-state index contributed by atoms with van der Waals surface area (Å²) in [5, 5.41) is 4.60. The van der Waals surface area contributed by atoms with Crippen LogP contribution in [0.15, 0.2) is 39.8 Å². The Bertz CT molecular complexity index is 1250. The van der Waals surface area contributed by atoms with Crippen molar-refractivity contribution in [2.75, 3.05) is 26.2 Å². The molecule has 2 fully saturated rings. The Balaban J connectivity index is 1.39. The van der Waals surface area contributed by atoms with Gasteiger partial charge in [-0.25, -0.2) is 8.42 Å². The van der Waals surface area contributed by atoms with Crippen LogP contribution in [0.4, 0.5) is 0 Å². The molecule has 0 N–H and O–H groups in total. The molecule has 0 unspecified atom stereocenters. The largest absolute Gasteiger partial charge is 0.360 e. The number of hydrogen-bond donors (Lipinski definition) is 0. The van der Waals surface area contributed by atoms with Crippen molar-refractivity contribution in [1.82, 2.24) is 19.3 Å². The molecular weight excluding hydrogens is 416 g/mol. The number of aromatic nitrogens is 2. The summed E-state index contributed by atoms with van der Waals surface area (Å²) in [6.45, 7) is 4.34. The zero-order valence-corrected chi connectivity index (χ0v) is 18.4. The predicted octanol–water partition coefficient (Wildman–Crippen LogP) is 2.86. The molecule has 0 radical (unpaired) electrons. The number of sulfonamides is 1. The van der Waals surface area contributed by atoms with Crippen molar-refractivity contribution in [3.63, 3.8) is 0 Å². The van der Waals surface area contributed by atoms with Gasteiger partial charge >= 0.3 is 0 Å². The lowest BCUT2D eigenvalue weighted by molar-refractivity contribution is 0.0699. The first kappa shape index (κ1) is 20.1. The highest BCUT2D eigenvalue weighted by molar-refractivity contribution is 7.89. The third-order valence-corrected chi connectivity index (χ3v) is 8.20. The summed E-state index contributed by atoms with van der Waals surface area (Å²) in [6.07, 6.45) is 2.22. The zero-order chi connectivity index (χ0) is 21.8. The quantitative estimate of drug-likeness (QED) is 0.619. The molecule has 2 aromatic heterocycles. The summed E-state index contributed by atoms with van der Waals surface area (Å²) < 4.78 is 32.6. The van der Waals surface area contributed by atoms with E-state index in [0.29, 0.717) is 30.3 Å². The van der Waals surface area contributed by atoms with Crippen LogP contribution in [0, 0.1) is 13.8 Å². The third-order valence-electron chi connectivity index (χ3n) is 6.05. The number of nitrogens with zero attached hydrogens (tertiary/aromatic N) is 4. The number of amides is 1. The highest BCUT2D eigenvalue weighted by Crippen LogP contribution is 2.40. The average molecular weight is 441 g/mol. The van der Waals surface area contributed by atoms with Crippen molar-refractivity contribution in [3.8, 4) is 0 Å². The van der Waals surface area contributed by atoms with Crippen LogP contribution in [0.1, 0.15) is 46.3 Å². The predicted molar refractivity (Wildman–Crippen MR) is 114 cm³/mol. The molecule has 1 aliphatic carbocycles. The van der Waals surface area contributed by atoms with Crippen LogP contribution in [-0.2, 0) is 10.0 Å². The SMILES string of the molecule is Cc1noc(C)c1S(=O)(=O)N1CCN(C(=O)c2cc(C3CC3)nc3ccccc23)CC1. The van der Waals surface area contributed by atoms with Crippen LogP contribution in [0.25, 0.3) is 10.9 Å². The van der Waals surface area contributed by atoms with Gasteiger partial charge in [-0.15, -0.1) is 0 Å². The summed E-state index contributed by atoms with van der Waals surface area (Å²) in [6, 6.07) is 9.62. The molecule has 3 aromatic rings. The molecule has 1 saturated heterocycles. The lowest BCUT2D eigenvalue weighted by Gasteiger charge is -2.34. The monoisotopic (exact) mass is 440 g/mol. The van der Waals surface area contributed by atoms with Gasteiger partial charge in [-0.05, 0) is 38.8 Å². The van der Waals surface area contributed by atoms with Gasteiger partial charge in [0.2, 0.25) is 10.0 Å². The van der Waals surface area contributed by atoms with Crippen molar-refractivity contribution in [2.45, 2.75) is 37.5 Å². The Morgan fingerprint density at radius 1 is 1.10 bits per heavy atom. The fraction of sp³-hybridized carbons (Fsp3) is 0.409. The highest BCUT2D eigenvalue weighted by Gasteiger charge is 2.35. The number of benzene rings is 1. The molecule has 3 heterocycles. The lowest BCUT2D eigenvalue weighted by atomic mass is 10.0. The second-order valence-electron chi connectivity index (χ2n) is 8.24. The number of hydrogen-bond acceptors (Lipinski definition) is 6. The number of rotatable bonds is 4. The number of piperazine rings is 1. The summed E-state index contributed by atoms with van der Waals surface area (Å²) in [5.74, 6) is 0.648. The third kappa shape index (κ3) is 3.51. The average Bonchev–Trinajstić information content (AvgIpc) is 3.56. The number of carbonyl (C=O) groups excluding carboxylic acids is 1. The Kier molecular flexibility index (Phi) is 4.82. The zero-order valence-electron chi connectivity index (χ0n) is 17.5. The van der Waals surface area contributed by atoms with Crippen molar-refractivity contribution < 1.29 is 17.7 Å². The molecule has 1 amide bonds. The highest BCUT2D eigenvalue weighted by atomic mass is 32.2. The number of carbonyl (C=O) groups is 1. The molecule has 162 valence electrons. The maximum Gasteiger partial charge on any atom is 0.254 e. The van der Waals surface area contributed by atoms with E-state index in [1.165, 1.54) is 4.31 Å². The van der Waals surface area contributed by atoms with Crippen molar-refractivity contribution in [3.05, 3.63) is 53.0 Å². The summed E-state index contributed by atoms with van der Waals surface area (Å²) >= 11 is 0. The molecule has 1 aliphatic heterocycles. The van der Waals surface area contributed by atoms with Gasteiger partial charge < -0.3 is 9.42 Å². The Morgan fingerprint density at radius 3 is 2.45 bits per heavy atom. The van der Waals surface area contributed by atoms with Crippen LogP contribution in [0.5, 0.6) is 0 Å². The summed E-state index contributed by atoms with van der Waals surface area (Å²) in [4.78, 5) is 20.0. The molecule has 1 saturated carbocycles. The molecule has 0 spiro atoms. The van der Waals surface area contributed by atoms with E-state index in [1.54, 1.807) is 18.7 Å². The minimum Gasteiger partial charge on any atom is -0.360 e. The maximum atomic E-state index is 13.4. The molecular formula is C22H24N4O4S. The smallest absolute Gasteiger partial charge is 0.254 e. The number of aryl methyl sites for hydroxylation is 2. The van der Waals surface area contributed by atoms with Gasteiger partial charge in [-0.2, -0.15) is 4.31 Å². The Labute approximate surface area is 180 Å². The van der Waals surface area contributed by atoms with E-state index >= 15 is 0 Å². The van der Waals surface area contributed by atoms with E-state index in [2.05, 4.69) is 5.16 Å². The molecule has 0 bridgehead atoms. The van der Waals surface area contributed by atoms with Crippen molar-refractivity contribution in [2.24, 2.45) is 0 Å². The van der Waals surface area contributed by atoms with Gasteiger partial charge in [0.15, 0.2) is 5.76 Å². The standard InChI is InChI=1S/C22H24N4O4S/c1-14-21(15(2)30-24-14)31(28,29)26-11-9-25(10-12-26)22(27)18-13-20(16-7-8-16)23-19-6-4-3-5-17(18)19/h3-6,13,16H,7-12H2,1-2H3. The fourth-order valence-corrected chi connectivity index (χ4v) is 5.95. The number of para-hydroxylation sites is 1. The van der Waals surface area contributed by atoms with Crippen LogP contribution in [-0.4, -0.2) is 59.8 Å². The van der Waals surface area contributed by atoms with Gasteiger partial charge in [0.25, 0.3) is 5.91 Å². The van der Waals surface area contributed by atoms with E-state index in [0.717, 1.165) is 29.4 Å². The fourth-order valence-electron chi connectivity index (χ4n) is 4.23. The van der Waals surface area contributed by atoms with E-state index in [-0.39, 0.29) is 29.7 Å². The first-order valence-corrected chi connectivity index (χ1v) is 11.9. The minimum absolute atomic E-state index is 0.0742.